The van der Waals surface area contributed by atoms with Crippen LogP contribution >= 0.6 is 0 Å². The van der Waals surface area contributed by atoms with E-state index in [1.54, 1.807) is 0 Å². The Balaban J connectivity index is 0.000000384. The number of halogens is 3. The molecule has 2 fully saturated rings. The van der Waals surface area contributed by atoms with Crippen molar-refractivity contribution >= 4 is 17.3 Å². The molecule has 1 atom stereocenters. The molecule has 2 aliphatic rings. The van der Waals surface area contributed by atoms with Crippen LogP contribution in [-0.2, 0) is 16.1 Å². The Bertz CT molecular complexity index is 1190. The second-order valence-electron chi connectivity index (χ2n) is 9.28. The second kappa shape index (κ2) is 10.8. The summed E-state index contributed by atoms with van der Waals surface area (Å²) in [6, 6.07) is 11.1. The first-order chi connectivity index (χ1) is 17.1. The first-order valence-corrected chi connectivity index (χ1v) is 11.9. The van der Waals surface area contributed by atoms with Gasteiger partial charge in [0.25, 0.3) is 0 Å². The summed E-state index contributed by atoms with van der Waals surface area (Å²) in [6.07, 6.45) is -1.85. The van der Waals surface area contributed by atoms with Crippen LogP contribution in [0.5, 0.6) is 0 Å². The lowest BCUT2D eigenvalue weighted by Gasteiger charge is -2.28. The summed E-state index contributed by atoms with van der Waals surface area (Å²) in [4.78, 5) is 18.6. The Hall–Kier alpha value is -3.18. The van der Waals surface area contributed by atoms with Gasteiger partial charge in [0.05, 0.1) is 25.1 Å². The average Bonchev–Trinajstić information content (AvgIpc) is 3.45. The predicted molar refractivity (Wildman–Crippen MR) is 128 cm³/mol. The molecule has 2 saturated heterocycles. The molecule has 0 amide bonds. The molecule has 0 bridgehead atoms. The summed E-state index contributed by atoms with van der Waals surface area (Å²) in [6.45, 7) is 10.9. The van der Waals surface area contributed by atoms with Gasteiger partial charge in [-0.05, 0) is 44.5 Å². The van der Waals surface area contributed by atoms with Crippen LogP contribution in [0.1, 0.15) is 34.9 Å². The maximum atomic E-state index is 10.6. The lowest BCUT2D eigenvalue weighted by atomic mass is 10.1. The van der Waals surface area contributed by atoms with Crippen molar-refractivity contribution in [2.75, 3.05) is 44.3 Å². The van der Waals surface area contributed by atoms with E-state index in [2.05, 4.69) is 60.2 Å². The molecule has 194 valence electrons. The number of aryl methyl sites for hydroxylation is 2. The lowest BCUT2D eigenvalue weighted by molar-refractivity contribution is -0.192. The zero-order valence-electron chi connectivity index (χ0n) is 20.3. The van der Waals surface area contributed by atoms with E-state index in [9.17, 15) is 13.2 Å². The molecule has 1 N–H and O–H groups in total. The molecule has 1 aromatic carbocycles. The number of pyridine rings is 1. The van der Waals surface area contributed by atoms with E-state index in [4.69, 9.17) is 24.7 Å². The highest BCUT2D eigenvalue weighted by molar-refractivity contribution is 5.73. The van der Waals surface area contributed by atoms with Crippen LogP contribution in [0.25, 0.3) is 5.65 Å². The molecule has 11 heteroatoms. The molecule has 4 heterocycles. The van der Waals surface area contributed by atoms with E-state index in [0.717, 1.165) is 63.8 Å². The number of rotatable bonds is 4. The summed E-state index contributed by atoms with van der Waals surface area (Å²) in [7, 11) is 0. The third-order valence-corrected chi connectivity index (χ3v) is 6.28. The molecule has 2 aliphatic heterocycles. The molecule has 3 aromatic rings. The number of ether oxygens (including phenoxy) is 1. The van der Waals surface area contributed by atoms with Gasteiger partial charge in [-0.3, -0.25) is 4.90 Å². The minimum atomic E-state index is -5.08. The van der Waals surface area contributed by atoms with Crippen LogP contribution in [0, 0.1) is 13.8 Å². The van der Waals surface area contributed by atoms with Gasteiger partial charge in [-0.1, -0.05) is 29.3 Å². The quantitative estimate of drug-likeness (QED) is 0.578. The summed E-state index contributed by atoms with van der Waals surface area (Å²) >= 11 is 0. The topological polar surface area (TPSA) is 83.2 Å². The first-order valence-electron chi connectivity index (χ1n) is 11.9. The standard InChI is InChI=1S/C23H29N5O.C2HF3O2/c1-17-11-18(2)13-19(12-17)14-26-6-5-20(15-26)23-24-22-4-3-21(16-28(22)25-23)27-7-9-29-10-8-27;3-2(4,5)1(6)7/h3-4,11-13,16,20H,5-10,14-15H2,1-2H3;(H,6,7). The normalized spacial score (nSPS) is 18.8. The van der Waals surface area contributed by atoms with Crippen molar-refractivity contribution in [3.05, 3.63) is 59.0 Å². The number of nitrogens with zero attached hydrogens (tertiary/aromatic N) is 5. The van der Waals surface area contributed by atoms with Crippen LogP contribution in [0.15, 0.2) is 36.5 Å². The summed E-state index contributed by atoms with van der Waals surface area (Å²) in [5, 5.41) is 12.0. The number of hydrogen-bond acceptors (Lipinski definition) is 6. The Labute approximate surface area is 207 Å². The highest BCUT2D eigenvalue weighted by Crippen LogP contribution is 2.27. The summed E-state index contributed by atoms with van der Waals surface area (Å²) in [5.74, 6) is -1.37. The molecule has 5 rings (SSSR count). The van der Waals surface area contributed by atoms with E-state index in [-0.39, 0.29) is 0 Å². The number of aliphatic carboxylic acids is 1. The van der Waals surface area contributed by atoms with E-state index in [1.807, 2.05) is 4.52 Å². The monoisotopic (exact) mass is 505 g/mol. The molecule has 1 unspecified atom stereocenters. The fraction of sp³-hybridized carbons (Fsp3) is 0.480. The largest absolute Gasteiger partial charge is 0.490 e. The SMILES string of the molecule is Cc1cc(C)cc(CN2CCC(c3nc4ccc(N5CCOCC5)cn4n3)C2)c1.O=C(O)C(F)(F)F. The molecule has 0 saturated carbocycles. The fourth-order valence-electron chi connectivity index (χ4n) is 4.68. The second-order valence-corrected chi connectivity index (χ2v) is 9.28. The molecule has 0 spiro atoms. The molecule has 0 radical (unpaired) electrons. The van der Waals surface area contributed by atoms with Gasteiger partial charge in [0.1, 0.15) is 0 Å². The van der Waals surface area contributed by atoms with Gasteiger partial charge in [-0.25, -0.2) is 14.3 Å². The van der Waals surface area contributed by atoms with Crippen molar-refractivity contribution in [2.24, 2.45) is 0 Å². The van der Waals surface area contributed by atoms with Crippen molar-refractivity contribution < 1.29 is 27.8 Å². The number of anilines is 1. The minimum Gasteiger partial charge on any atom is -0.475 e. The Morgan fingerprint density at radius 1 is 1.11 bits per heavy atom. The number of fused-ring (bicyclic) bond motifs is 1. The molecule has 8 nitrogen and oxygen atoms in total. The van der Waals surface area contributed by atoms with Gasteiger partial charge in [0.2, 0.25) is 0 Å². The van der Waals surface area contributed by atoms with Crippen molar-refractivity contribution in [1.82, 2.24) is 19.5 Å². The van der Waals surface area contributed by atoms with Crippen LogP contribution in [0.2, 0.25) is 0 Å². The van der Waals surface area contributed by atoms with Gasteiger partial charge >= 0.3 is 12.1 Å². The lowest BCUT2D eigenvalue weighted by Crippen LogP contribution is -2.36. The highest BCUT2D eigenvalue weighted by atomic mass is 19.4. The third kappa shape index (κ3) is 6.52. The average molecular weight is 506 g/mol. The van der Waals surface area contributed by atoms with E-state index in [0.29, 0.717) is 5.92 Å². The maximum absolute atomic E-state index is 10.6. The predicted octanol–water partition coefficient (Wildman–Crippen LogP) is 3.81. The van der Waals surface area contributed by atoms with Crippen molar-refractivity contribution in [2.45, 2.75) is 38.9 Å². The molecular weight excluding hydrogens is 475 g/mol. The number of carbonyl (C=O) groups is 1. The molecule has 2 aromatic heterocycles. The Morgan fingerprint density at radius 3 is 2.42 bits per heavy atom. The number of hydrogen-bond donors (Lipinski definition) is 1. The number of carboxylic acids is 1. The third-order valence-electron chi connectivity index (χ3n) is 6.28. The van der Waals surface area contributed by atoms with Crippen LogP contribution in [0.4, 0.5) is 18.9 Å². The summed E-state index contributed by atoms with van der Waals surface area (Å²) < 4.78 is 39.2. The minimum absolute atomic E-state index is 0.410. The van der Waals surface area contributed by atoms with E-state index < -0.39 is 12.1 Å². The number of likely N-dealkylation sites (tertiary alicyclic amines) is 1. The first kappa shape index (κ1) is 25.9. The van der Waals surface area contributed by atoms with Gasteiger partial charge < -0.3 is 14.7 Å². The number of carboxylic acid groups (broad SMARTS) is 1. The molecule has 36 heavy (non-hydrogen) atoms. The number of alkyl halides is 3. The number of aromatic nitrogens is 3. The molecular formula is C25H30F3N5O3. The van der Waals surface area contributed by atoms with Gasteiger partial charge in [-0.2, -0.15) is 18.3 Å². The zero-order valence-corrected chi connectivity index (χ0v) is 20.3. The van der Waals surface area contributed by atoms with Gasteiger partial charge in [0, 0.05) is 32.1 Å². The zero-order chi connectivity index (χ0) is 25.9. The van der Waals surface area contributed by atoms with Crippen molar-refractivity contribution in [3.63, 3.8) is 0 Å². The van der Waals surface area contributed by atoms with Gasteiger partial charge in [0.15, 0.2) is 11.5 Å². The smallest absolute Gasteiger partial charge is 0.475 e. The number of morpholine rings is 1. The summed E-state index contributed by atoms with van der Waals surface area (Å²) in [5.41, 5.74) is 6.22. The van der Waals surface area contributed by atoms with Crippen molar-refractivity contribution in [1.29, 1.82) is 0 Å². The molecule has 0 aliphatic carbocycles. The van der Waals surface area contributed by atoms with Gasteiger partial charge in [-0.15, -0.1) is 0 Å². The maximum Gasteiger partial charge on any atom is 0.490 e. The Morgan fingerprint density at radius 2 is 1.78 bits per heavy atom. The highest BCUT2D eigenvalue weighted by Gasteiger charge is 2.38. The van der Waals surface area contributed by atoms with Crippen LogP contribution < -0.4 is 4.90 Å². The van der Waals surface area contributed by atoms with Crippen molar-refractivity contribution in [3.8, 4) is 0 Å². The van der Waals surface area contributed by atoms with Crippen LogP contribution in [-0.4, -0.2) is 76.1 Å². The van der Waals surface area contributed by atoms with Crippen LogP contribution in [0.3, 0.4) is 0 Å². The fourth-order valence-corrected chi connectivity index (χ4v) is 4.68. The van der Waals surface area contributed by atoms with E-state index >= 15 is 0 Å². The van der Waals surface area contributed by atoms with E-state index in [1.165, 1.54) is 22.4 Å². The Kier molecular flexibility index (Phi) is 7.79. The number of benzene rings is 1.